The van der Waals surface area contributed by atoms with Gasteiger partial charge in [0.05, 0.1) is 12.7 Å². The lowest BCUT2D eigenvalue weighted by Crippen LogP contribution is -2.53. The van der Waals surface area contributed by atoms with Crippen molar-refractivity contribution in [1.29, 1.82) is 0 Å². The number of hydrogen-bond donors (Lipinski definition) is 0. The fourth-order valence-electron chi connectivity index (χ4n) is 9.27. The van der Waals surface area contributed by atoms with Crippen molar-refractivity contribution in [3.05, 3.63) is 24.7 Å². The van der Waals surface area contributed by atoms with Crippen LogP contribution in [0.15, 0.2) is 24.7 Å². The molecule has 6 aliphatic rings. The number of carbonyl (C=O) groups is 1. The summed E-state index contributed by atoms with van der Waals surface area (Å²) in [6.45, 7) is 8.08. The third-order valence-electron chi connectivity index (χ3n) is 11.0. The molecule has 0 spiro atoms. The average Bonchev–Trinajstić information content (AvgIpc) is 3.37. The first-order chi connectivity index (χ1) is 15.4. The molecule has 0 saturated heterocycles. The smallest absolute Gasteiger partial charge is 0.156 e. The SMILES string of the molecule is CC1CCC2(C)C(CCC3C2CCC2(C)C(C(=O)Cn4ccc5cnnc-5c4)CCC32)C1. The summed E-state index contributed by atoms with van der Waals surface area (Å²) in [6, 6.07) is 2.02. The highest BCUT2D eigenvalue weighted by atomic mass is 16.1. The van der Waals surface area contributed by atoms with Crippen LogP contribution in [0.3, 0.4) is 0 Å². The number of nitrogens with zero attached hydrogens (tertiary/aromatic N) is 3. The van der Waals surface area contributed by atoms with E-state index >= 15 is 0 Å². The Bertz CT molecular complexity index is 983. The highest BCUT2D eigenvalue weighted by molar-refractivity contribution is 5.82. The molecule has 4 aliphatic carbocycles. The number of rotatable bonds is 3. The van der Waals surface area contributed by atoms with Crippen molar-refractivity contribution in [2.24, 2.45) is 46.3 Å². The first-order valence-electron chi connectivity index (χ1n) is 13.2. The lowest BCUT2D eigenvalue weighted by Gasteiger charge is -2.61. The Morgan fingerprint density at radius 1 is 1.06 bits per heavy atom. The number of carbonyl (C=O) groups excluding carboxylic acids is 1. The van der Waals surface area contributed by atoms with Gasteiger partial charge in [-0.25, -0.2) is 0 Å². The lowest BCUT2D eigenvalue weighted by atomic mass is 9.44. The van der Waals surface area contributed by atoms with Crippen LogP contribution in [0.5, 0.6) is 0 Å². The van der Waals surface area contributed by atoms with E-state index in [-0.39, 0.29) is 11.3 Å². The zero-order chi connectivity index (χ0) is 22.1. The fourth-order valence-corrected chi connectivity index (χ4v) is 9.27. The molecule has 8 unspecified atom stereocenters. The van der Waals surface area contributed by atoms with Crippen LogP contribution in [0.4, 0.5) is 0 Å². The van der Waals surface area contributed by atoms with Gasteiger partial charge in [0.1, 0.15) is 5.69 Å². The number of Topliss-reactive ketones (excluding diaryl/α,β-unsaturated/α-hetero) is 1. The molecule has 172 valence electrons. The minimum absolute atomic E-state index is 0.203. The van der Waals surface area contributed by atoms with Gasteiger partial charge in [-0.2, -0.15) is 5.10 Å². The highest BCUT2D eigenvalue weighted by Crippen LogP contribution is 2.67. The summed E-state index contributed by atoms with van der Waals surface area (Å²) in [5, 5.41) is 8.16. The number of aromatic nitrogens is 3. The van der Waals surface area contributed by atoms with Crippen molar-refractivity contribution in [2.45, 2.75) is 85.1 Å². The summed E-state index contributed by atoms with van der Waals surface area (Å²) < 4.78 is 2.02. The molecule has 6 rings (SSSR count). The van der Waals surface area contributed by atoms with Crippen molar-refractivity contribution in [1.82, 2.24) is 14.8 Å². The van der Waals surface area contributed by atoms with Gasteiger partial charge in [0.15, 0.2) is 5.78 Å². The lowest BCUT2D eigenvalue weighted by molar-refractivity contribution is -0.137. The van der Waals surface area contributed by atoms with E-state index in [1.807, 2.05) is 23.0 Å². The summed E-state index contributed by atoms with van der Waals surface area (Å²) in [7, 11) is 0. The maximum absolute atomic E-state index is 13.6. The van der Waals surface area contributed by atoms with Crippen molar-refractivity contribution in [2.75, 3.05) is 0 Å². The first kappa shape index (κ1) is 20.9. The highest BCUT2D eigenvalue weighted by Gasteiger charge is 2.60. The van der Waals surface area contributed by atoms with Crippen LogP contribution in [0.25, 0.3) is 11.3 Å². The van der Waals surface area contributed by atoms with E-state index < -0.39 is 0 Å². The van der Waals surface area contributed by atoms with Crippen LogP contribution >= 0.6 is 0 Å². The summed E-state index contributed by atoms with van der Waals surface area (Å²) in [6.07, 6.45) is 17.9. The topological polar surface area (TPSA) is 47.8 Å². The van der Waals surface area contributed by atoms with Gasteiger partial charge in [0, 0.05) is 23.9 Å². The van der Waals surface area contributed by atoms with Gasteiger partial charge in [0.25, 0.3) is 0 Å². The molecule has 0 aromatic carbocycles. The first-order valence-corrected chi connectivity index (χ1v) is 13.2. The third-order valence-corrected chi connectivity index (χ3v) is 11.0. The van der Waals surface area contributed by atoms with Gasteiger partial charge in [0.2, 0.25) is 0 Å². The van der Waals surface area contributed by atoms with Crippen molar-refractivity contribution < 1.29 is 4.79 Å². The van der Waals surface area contributed by atoms with E-state index in [2.05, 4.69) is 31.0 Å². The Kier molecular flexibility index (Phi) is 4.82. The molecule has 4 fully saturated rings. The van der Waals surface area contributed by atoms with E-state index in [4.69, 9.17) is 0 Å². The fraction of sp³-hybridized carbons (Fsp3) is 0.750. The second-order valence-electron chi connectivity index (χ2n) is 12.5. The summed E-state index contributed by atoms with van der Waals surface area (Å²) in [5.74, 6) is 5.02. The zero-order valence-corrected chi connectivity index (χ0v) is 20.1. The standard InChI is InChI=1S/C28H39N3O/c1-18-8-11-27(2)20(14-18)4-5-21-22-6-7-24(28(22,3)12-9-23(21)27)26(32)17-31-13-10-19-15-29-30-25(19)16-31/h10,13,15-16,18,20-24H,4-9,11-12,14,17H2,1-3H3. The van der Waals surface area contributed by atoms with E-state index in [0.717, 1.165) is 47.3 Å². The Hall–Kier alpha value is -1.71. The van der Waals surface area contributed by atoms with Gasteiger partial charge in [-0.3, -0.25) is 4.79 Å². The maximum atomic E-state index is 13.6. The molecule has 0 radical (unpaired) electrons. The predicted molar refractivity (Wildman–Crippen MR) is 126 cm³/mol. The van der Waals surface area contributed by atoms with Crippen LogP contribution in [-0.2, 0) is 11.3 Å². The second-order valence-corrected chi connectivity index (χ2v) is 12.5. The molecule has 0 bridgehead atoms. The average molecular weight is 434 g/mol. The van der Waals surface area contributed by atoms with E-state index in [1.54, 1.807) is 6.20 Å². The second kappa shape index (κ2) is 7.40. The predicted octanol–water partition coefficient (Wildman–Crippen LogP) is 6.25. The quantitative estimate of drug-likeness (QED) is 0.575. The van der Waals surface area contributed by atoms with Gasteiger partial charge in [-0.05, 0) is 97.9 Å². The normalized spacial score (nSPS) is 43.5. The van der Waals surface area contributed by atoms with Gasteiger partial charge in [-0.1, -0.05) is 27.2 Å². The summed E-state index contributed by atoms with van der Waals surface area (Å²) in [4.78, 5) is 13.6. The number of pyridine rings is 1. The number of hydrogen-bond acceptors (Lipinski definition) is 3. The van der Waals surface area contributed by atoms with Gasteiger partial charge < -0.3 is 4.57 Å². The molecular formula is C28H39N3O. The Balaban J connectivity index is 1.21. The molecule has 4 nitrogen and oxygen atoms in total. The molecule has 2 heterocycles. The van der Waals surface area contributed by atoms with Crippen LogP contribution in [0.1, 0.15) is 78.6 Å². The minimum atomic E-state index is 0.203. The molecule has 2 aliphatic heterocycles. The Labute approximate surface area is 192 Å². The largest absolute Gasteiger partial charge is 0.345 e. The van der Waals surface area contributed by atoms with E-state index in [0.29, 0.717) is 17.7 Å². The van der Waals surface area contributed by atoms with Crippen LogP contribution in [0.2, 0.25) is 0 Å². The molecule has 0 aromatic rings. The maximum Gasteiger partial charge on any atom is 0.156 e. The van der Waals surface area contributed by atoms with Crippen LogP contribution < -0.4 is 0 Å². The van der Waals surface area contributed by atoms with Crippen molar-refractivity contribution in [3.63, 3.8) is 0 Å². The summed E-state index contributed by atoms with van der Waals surface area (Å²) in [5.41, 5.74) is 2.68. The monoisotopic (exact) mass is 433 g/mol. The zero-order valence-electron chi connectivity index (χ0n) is 20.1. The van der Waals surface area contributed by atoms with E-state index in [9.17, 15) is 4.79 Å². The Morgan fingerprint density at radius 3 is 2.75 bits per heavy atom. The molecule has 0 aromatic heterocycles. The molecule has 0 N–H and O–H groups in total. The number of fused-ring (bicyclic) bond motifs is 6. The molecule has 8 atom stereocenters. The van der Waals surface area contributed by atoms with Gasteiger partial charge in [-0.15, -0.1) is 5.10 Å². The molecule has 4 heteroatoms. The molecular weight excluding hydrogens is 394 g/mol. The van der Waals surface area contributed by atoms with Crippen LogP contribution in [0, 0.1) is 46.3 Å². The molecule has 0 amide bonds. The van der Waals surface area contributed by atoms with Gasteiger partial charge >= 0.3 is 0 Å². The van der Waals surface area contributed by atoms with Crippen LogP contribution in [-0.4, -0.2) is 20.5 Å². The Morgan fingerprint density at radius 2 is 1.88 bits per heavy atom. The van der Waals surface area contributed by atoms with Crippen molar-refractivity contribution >= 4 is 5.78 Å². The van der Waals surface area contributed by atoms with Crippen molar-refractivity contribution in [3.8, 4) is 11.3 Å². The minimum Gasteiger partial charge on any atom is -0.345 e. The number of ketones is 1. The van der Waals surface area contributed by atoms with E-state index in [1.165, 1.54) is 51.4 Å². The molecule has 4 saturated carbocycles. The third kappa shape index (κ3) is 3.04. The molecule has 32 heavy (non-hydrogen) atoms. The summed E-state index contributed by atoms with van der Waals surface area (Å²) >= 11 is 0.